The van der Waals surface area contributed by atoms with Crippen molar-refractivity contribution in [2.45, 2.75) is 39.5 Å². The van der Waals surface area contributed by atoms with Gasteiger partial charge in [0.1, 0.15) is 12.1 Å². The Morgan fingerprint density at radius 1 is 1.27 bits per heavy atom. The van der Waals surface area contributed by atoms with E-state index in [1.807, 2.05) is 48.7 Å². The van der Waals surface area contributed by atoms with Crippen molar-refractivity contribution >= 4 is 5.97 Å². The summed E-state index contributed by atoms with van der Waals surface area (Å²) in [5.74, 6) is -0.264. The largest absolute Gasteiger partial charge is 0.465 e. The molecule has 0 aliphatic rings. The molecule has 1 aromatic heterocycles. The van der Waals surface area contributed by atoms with Crippen LogP contribution in [0.25, 0.3) is 0 Å². The lowest BCUT2D eigenvalue weighted by Gasteiger charge is -2.23. The van der Waals surface area contributed by atoms with Crippen LogP contribution in [0.2, 0.25) is 0 Å². The third-order valence-corrected chi connectivity index (χ3v) is 3.48. The Labute approximate surface area is 130 Å². The Balaban J connectivity index is 2.01. The summed E-state index contributed by atoms with van der Waals surface area (Å²) >= 11 is 0. The highest BCUT2D eigenvalue weighted by Gasteiger charge is 2.34. The molecular formula is C17H22N2O3. The van der Waals surface area contributed by atoms with Gasteiger partial charge in [0.2, 0.25) is 0 Å². The molecule has 0 saturated heterocycles. The molecule has 0 atom stereocenters. The molecule has 0 fully saturated rings. The van der Waals surface area contributed by atoms with Crippen LogP contribution in [0.3, 0.4) is 0 Å². The monoisotopic (exact) mass is 302 g/mol. The zero-order chi connectivity index (χ0) is 16.0. The highest BCUT2D eigenvalue weighted by molar-refractivity contribution is 5.81. The fourth-order valence-corrected chi connectivity index (χ4v) is 2.20. The number of carbonyl (C=O) groups excluding carboxylic acids is 1. The van der Waals surface area contributed by atoms with Gasteiger partial charge in [-0.1, -0.05) is 30.3 Å². The topological polar surface area (TPSA) is 53.3 Å². The third kappa shape index (κ3) is 3.74. The number of rotatable bonds is 7. The molecule has 0 saturated carbocycles. The van der Waals surface area contributed by atoms with Gasteiger partial charge in [0, 0.05) is 6.20 Å². The van der Waals surface area contributed by atoms with E-state index in [2.05, 4.69) is 4.98 Å². The minimum atomic E-state index is -0.761. The first-order valence-electron chi connectivity index (χ1n) is 7.35. The molecule has 0 bridgehead atoms. The Bertz CT molecular complexity index is 605. The number of hydrogen-bond acceptors (Lipinski definition) is 4. The van der Waals surface area contributed by atoms with E-state index in [0.29, 0.717) is 19.9 Å². The van der Waals surface area contributed by atoms with Gasteiger partial charge in [-0.3, -0.25) is 4.79 Å². The fraction of sp³-hybridized carbons (Fsp3) is 0.412. The summed E-state index contributed by atoms with van der Waals surface area (Å²) in [6.45, 7) is 6.67. The minimum absolute atomic E-state index is 0.264. The Hall–Kier alpha value is -2.14. The van der Waals surface area contributed by atoms with Crippen LogP contribution in [0.15, 0.2) is 42.9 Å². The first-order chi connectivity index (χ1) is 10.6. The normalized spacial score (nSPS) is 11.4. The predicted octanol–water partition coefficient (Wildman–Crippen LogP) is 2.90. The SMILES string of the molecule is CCOC(=O)C(C)(C)c1cncn1COCc1ccccc1. The van der Waals surface area contributed by atoms with Gasteiger partial charge in [0.15, 0.2) is 0 Å². The number of aromatic nitrogens is 2. The average Bonchev–Trinajstić information content (AvgIpc) is 2.98. The van der Waals surface area contributed by atoms with Crippen molar-refractivity contribution in [3.63, 3.8) is 0 Å². The van der Waals surface area contributed by atoms with Gasteiger partial charge in [-0.2, -0.15) is 0 Å². The third-order valence-electron chi connectivity index (χ3n) is 3.48. The van der Waals surface area contributed by atoms with Crippen molar-refractivity contribution < 1.29 is 14.3 Å². The highest BCUT2D eigenvalue weighted by Crippen LogP contribution is 2.24. The van der Waals surface area contributed by atoms with Gasteiger partial charge in [-0.25, -0.2) is 4.98 Å². The Kier molecular flexibility index (Phi) is 5.33. The van der Waals surface area contributed by atoms with Gasteiger partial charge in [0.05, 0.1) is 25.2 Å². The lowest BCUT2D eigenvalue weighted by atomic mass is 9.90. The zero-order valence-corrected chi connectivity index (χ0v) is 13.3. The predicted molar refractivity (Wildman–Crippen MR) is 83.1 cm³/mol. The van der Waals surface area contributed by atoms with Gasteiger partial charge >= 0.3 is 5.97 Å². The van der Waals surface area contributed by atoms with Crippen LogP contribution < -0.4 is 0 Å². The van der Waals surface area contributed by atoms with Crippen molar-refractivity contribution in [2.75, 3.05) is 6.61 Å². The number of ether oxygens (including phenoxy) is 2. The number of benzene rings is 1. The maximum Gasteiger partial charge on any atom is 0.317 e. The van der Waals surface area contributed by atoms with Gasteiger partial charge in [-0.05, 0) is 26.3 Å². The molecule has 0 aliphatic heterocycles. The van der Waals surface area contributed by atoms with Crippen molar-refractivity contribution in [2.24, 2.45) is 0 Å². The summed E-state index contributed by atoms with van der Waals surface area (Å²) in [6, 6.07) is 9.95. The molecule has 1 aromatic carbocycles. The summed E-state index contributed by atoms with van der Waals surface area (Å²) in [7, 11) is 0. The standard InChI is InChI=1S/C17H22N2O3/c1-4-22-16(20)17(2,3)15-10-18-12-19(15)13-21-11-14-8-6-5-7-9-14/h5-10,12H,4,11,13H2,1-3H3. The lowest BCUT2D eigenvalue weighted by Crippen LogP contribution is -2.33. The highest BCUT2D eigenvalue weighted by atomic mass is 16.5. The van der Waals surface area contributed by atoms with Crippen LogP contribution >= 0.6 is 0 Å². The maximum atomic E-state index is 12.1. The van der Waals surface area contributed by atoms with Crippen molar-refractivity contribution in [1.29, 1.82) is 0 Å². The smallest absolute Gasteiger partial charge is 0.317 e. The van der Waals surface area contributed by atoms with Crippen LogP contribution in [0.1, 0.15) is 32.0 Å². The molecule has 0 N–H and O–H groups in total. The Morgan fingerprint density at radius 2 is 2.00 bits per heavy atom. The molecule has 0 amide bonds. The van der Waals surface area contributed by atoms with E-state index in [4.69, 9.17) is 9.47 Å². The van der Waals surface area contributed by atoms with Gasteiger partial charge < -0.3 is 14.0 Å². The molecule has 0 unspecified atom stereocenters. The summed E-state index contributed by atoms with van der Waals surface area (Å²) in [5.41, 5.74) is 1.12. The van der Waals surface area contributed by atoms with Crippen LogP contribution in [-0.4, -0.2) is 22.1 Å². The van der Waals surface area contributed by atoms with E-state index < -0.39 is 5.41 Å². The molecule has 1 heterocycles. The summed E-state index contributed by atoms with van der Waals surface area (Å²) in [5, 5.41) is 0. The van der Waals surface area contributed by atoms with Gasteiger partial charge in [-0.15, -0.1) is 0 Å². The number of nitrogens with zero attached hydrogens (tertiary/aromatic N) is 2. The molecule has 2 rings (SSSR count). The molecule has 5 nitrogen and oxygen atoms in total. The lowest BCUT2D eigenvalue weighted by molar-refractivity contribution is -0.149. The second-order valence-electron chi connectivity index (χ2n) is 5.56. The van der Waals surface area contributed by atoms with E-state index in [1.54, 1.807) is 19.4 Å². The van der Waals surface area contributed by atoms with Gasteiger partial charge in [0.25, 0.3) is 0 Å². The second-order valence-corrected chi connectivity index (χ2v) is 5.56. The number of imidazole rings is 1. The Morgan fingerprint density at radius 3 is 2.68 bits per heavy atom. The minimum Gasteiger partial charge on any atom is -0.465 e. The second kappa shape index (κ2) is 7.22. The van der Waals surface area contributed by atoms with E-state index in [0.717, 1.165) is 11.3 Å². The van der Waals surface area contributed by atoms with E-state index in [-0.39, 0.29) is 5.97 Å². The van der Waals surface area contributed by atoms with Crippen molar-refractivity contribution in [3.8, 4) is 0 Å². The molecule has 2 aromatic rings. The molecular weight excluding hydrogens is 280 g/mol. The van der Waals surface area contributed by atoms with Crippen LogP contribution in [-0.2, 0) is 33.0 Å². The number of esters is 1. The van der Waals surface area contributed by atoms with E-state index >= 15 is 0 Å². The average molecular weight is 302 g/mol. The van der Waals surface area contributed by atoms with Crippen LogP contribution in [0.4, 0.5) is 0 Å². The first-order valence-corrected chi connectivity index (χ1v) is 7.35. The molecule has 0 spiro atoms. The van der Waals surface area contributed by atoms with Crippen molar-refractivity contribution in [1.82, 2.24) is 9.55 Å². The summed E-state index contributed by atoms with van der Waals surface area (Å²) in [6.07, 6.45) is 3.35. The first kappa shape index (κ1) is 16.2. The van der Waals surface area contributed by atoms with E-state index in [9.17, 15) is 4.79 Å². The zero-order valence-electron chi connectivity index (χ0n) is 13.3. The van der Waals surface area contributed by atoms with Crippen molar-refractivity contribution in [3.05, 3.63) is 54.1 Å². The molecule has 22 heavy (non-hydrogen) atoms. The maximum absolute atomic E-state index is 12.1. The molecule has 118 valence electrons. The van der Waals surface area contributed by atoms with Crippen LogP contribution in [0, 0.1) is 0 Å². The molecule has 0 radical (unpaired) electrons. The molecule has 0 aliphatic carbocycles. The number of hydrogen-bond donors (Lipinski definition) is 0. The quantitative estimate of drug-likeness (QED) is 0.738. The fourth-order valence-electron chi connectivity index (χ4n) is 2.20. The number of carbonyl (C=O) groups is 1. The van der Waals surface area contributed by atoms with E-state index in [1.165, 1.54) is 0 Å². The summed E-state index contributed by atoms with van der Waals surface area (Å²) in [4.78, 5) is 16.2. The molecule has 5 heteroatoms. The summed E-state index contributed by atoms with van der Waals surface area (Å²) < 4.78 is 12.7. The van der Waals surface area contributed by atoms with Crippen LogP contribution in [0.5, 0.6) is 0 Å².